The van der Waals surface area contributed by atoms with Crippen molar-refractivity contribution in [3.63, 3.8) is 0 Å². The van der Waals surface area contributed by atoms with Gasteiger partial charge in [-0.3, -0.25) is 9.69 Å². The van der Waals surface area contributed by atoms with Gasteiger partial charge in [0.25, 0.3) is 0 Å². The first-order valence-corrected chi connectivity index (χ1v) is 7.77. The van der Waals surface area contributed by atoms with Crippen LogP contribution in [0.25, 0.3) is 0 Å². The van der Waals surface area contributed by atoms with Crippen LogP contribution in [-0.4, -0.2) is 37.6 Å². The van der Waals surface area contributed by atoms with Crippen molar-refractivity contribution < 1.29 is 9.53 Å². The number of nitrogens with zero attached hydrogens (tertiary/aromatic N) is 1. The fourth-order valence-electron chi connectivity index (χ4n) is 2.45. The molecule has 0 aliphatic rings. The first kappa shape index (κ1) is 18.3. The van der Waals surface area contributed by atoms with Gasteiger partial charge in [-0.25, -0.2) is 0 Å². The van der Waals surface area contributed by atoms with E-state index in [1.807, 2.05) is 0 Å². The lowest BCUT2D eigenvalue weighted by Gasteiger charge is -2.25. The van der Waals surface area contributed by atoms with Crippen molar-refractivity contribution in [1.29, 1.82) is 0 Å². The number of amides is 1. The van der Waals surface area contributed by atoms with Crippen LogP contribution < -0.4 is 15.8 Å². The summed E-state index contributed by atoms with van der Waals surface area (Å²) >= 11 is 0. The second-order valence-electron chi connectivity index (χ2n) is 6.49. The molecule has 0 atom stereocenters. The summed E-state index contributed by atoms with van der Waals surface area (Å²) in [6.07, 6.45) is 0. The Balaban J connectivity index is 2.64. The normalized spacial score (nSPS) is 11.3. The number of nitrogens with two attached hydrogens (primary N) is 1. The molecule has 0 fully saturated rings. The highest BCUT2D eigenvalue weighted by atomic mass is 16.5. The van der Waals surface area contributed by atoms with Gasteiger partial charge in [-0.1, -0.05) is 27.7 Å². The summed E-state index contributed by atoms with van der Waals surface area (Å²) in [7, 11) is 1.57. The highest BCUT2D eigenvalue weighted by Gasteiger charge is 2.14. The Morgan fingerprint density at radius 1 is 1.23 bits per heavy atom. The number of ether oxygens (including phenoxy) is 1. The predicted molar refractivity (Wildman–Crippen MR) is 92.2 cm³/mol. The zero-order valence-corrected chi connectivity index (χ0v) is 14.3. The molecule has 1 amide bonds. The number of nitrogen functional groups attached to an aromatic ring is 1. The highest BCUT2D eigenvalue weighted by molar-refractivity contribution is 5.92. The van der Waals surface area contributed by atoms with Crippen molar-refractivity contribution in [2.45, 2.75) is 27.7 Å². The Kier molecular flexibility index (Phi) is 7.18. The molecular weight excluding hydrogens is 278 g/mol. The fourth-order valence-corrected chi connectivity index (χ4v) is 2.45. The van der Waals surface area contributed by atoms with Crippen molar-refractivity contribution in [2.24, 2.45) is 11.8 Å². The Morgan fingerprint density at radius 3 is 2.27 bits per heavy atom. The number of carbonyl (C=O) groups is 1. The van der Waals surface area contributed by atoms with Crippen molar-refractivity contribution in [3.8, 4) is 5.75 Å². The van der Waals surface area contributed by atoms with Crippen LogP contribution >= 0.6 is 0 Å². The first-order valence-electron chi connectivity index (χ1n) is 7.77. The van der Waals surface area contributed by atoms with Crippen molar-refractivity contribution in [1.82, 2.24) is 4.90 Å². The summed E-state index contributed by atoms with van der Waals surface area (Å²) in [5.74, 6) is 1.65. The second-order valence-corrected chi connectivity index (χ2v) is 6.49. The maximum atomic E-state index is 12.2. The van der Waals surface area contributed by atoms with Gasteiger partial charge < -0.3 is 15.8 Å². The van der Waals surface area contributed by atoms with Crippen LogP contribution in [-0.2, 0) is 4.79 Å². The van der Waals surface area contributed by atoms with Crippen LogP contribution in [0.1, 0.15) is 27.7 Å². The van der Waals surface area contributed by atoms with E-state index in [2.05, 4.69) is 37.9 Å². The molecule has 0 saturated heterocycles. The van der Waals surface area contributed by atoms with E-state index >= 15 is 0 Å². The number of carbonyl (C=O) groups excluding carboxylic acids is 1. The van der Waals surface area contributed by atoms with Gasteiger partial charge in [-0.05, 0) is 30.0 Å². The molecule has 0 saturated carbocycles. The van der Waals surface area contributed by atoms with Crippen LogP contribution in [0.3, 0.4) is 0 Å². The number of anilines is 2. The summed E-state index contributed by atoms with van der Waals surface area (Å²) in [6.45, 7) is 10.9. The zero-order valence-electron chi connectivity index (χ0n) is 14.3. The first-order chi connectivity index (χ1) is 10.3. The largest absolute Gasteiger partial charge is 0.495 e. The van der Waals surface area contributed by atoms with Crippen LogP contribution in [0.2, 0.25) is 0 Å². The average Bonchev–Trinajstić information content (AvgIpc) is 2.36. The van der Waals surface area contributed by atoms with Gasteiger partial charge in [0.2, 0.25) is 5.91 Å². The van der Waals surface area contributed by atoms with E-state index in [9.17, 15) is 4.79 Å². The Morgan fingerprint density at radius 2 is 1.82 bits per heavy atom. The quantitative estimate of drug-likeness (QED) is 0.725. The van der Waals surface area contributed by atoms with Crippen LogP contribution in [0, 0.1) is 11.8 Å². The smallest absolute Gasteiger partial charge is 0.238 e. The number of hydrogen-bond donors (Lipinski definition) is 2. The molecule has 0 aliphatic carbocycles. The second kappa shape index (κ2) is 8.63. The number of methoxy groups -OCH3 is 1. The Bertz CT molecular complexity index is 477. The highest BCUT2D eigenvalue weighted by Crippen LogP contribution is 2.24. The SMILES string of the molecule is COc1ccc(NC(=O)CN(CC(C)C)CC(C)C)cc1N. The van der Waals surface area contributed by atoms with Crippen LogP contribution in [0.15, 0.2) is 18.2 Å². The van der Waals surface area contributed by atoms with E-state index in [0.29, 0.717) is 35.5 Å². The van der Waals surface area contributed by atoms with Crippen molar-refractivity contribution in [2.75, 3.05) is 37.8 Å². The molecule has 5 nitrogen and oxygen atoms in total. The third-order valence-corrected chi connectivity index (χ3v) is 3.13. The standard InChI is InChI=1S/C17H29N3O2/c1-12(2)9-20(10-13(3)4)11-17(21)19-14-6-7-16(22-5)15(18)8-14/h6-8,12-13H,9-11,18H2,1-5H3,(H,19,21). The lowest BCUT2D eigenvalue weighted by molar-refractivity contribution is -0.117. The third-order valence-electron chi connectivity index (χ3n) is 3.13. The average molecular weight is 307 g/mol. The molecule has 1 aromatic rings. The summed E-state index contributed by atoms with van der Waals surface area (Å²) in [5, 5.41) is 2.89. The number of rotatable bonds is 8. The minimum Gasteiger partial charge on any atom is -0.495 e. The molecule has 22 heavy (non-hydrogen) atoms. The van der Waals surface area contributed by atoms with E-state index in [0.717, 1.165) is 13.1 Å². The molecule has 0 spiro atoms. The Hall–Kier alpha value is -1.75. The maximum Gasteiger partial charge on any atom is 0.238 e. The monoisotopic (exact) mass is 307 g/mol. The van der Waals surface area contributed by atoms with Gasteiger partial charge in [0.05, 0.1) is 19.3 Å². The molecule has 5 heteroatoms. The molecule has 0 aliphatic heterocycles. The lowest BCUT2D eigenvalue weighted by Crippen LogP contribution is -2.38. The predicted octanol–water partition coefficient (Wildman–Crippen LogP) is 2.83. The molecule has 0 bridgehead atoms. The van der Waals surface area contributed by atoms with Gasteiger partial charge in [0.15, 0.2) is 0 Å². The molecule has 0 aromatic heterocycles. The van der Waals surface area contributed by atoms with E-state index in [1.165, 1.54) is 0 Å². The maximum absolute atomic E-state index is 12.2. The van der Waals surface area contributed by atoms with E-state index in [1.54, 1.807) is 25.3 Å². The molecular formula is C17H29N3O2. The van der Waals surface area contributed by atoms with Gasteiger partial charge in [0.1, 0.15) is 5.75 Å². The summed E-state index contributed by atoms with van der Waals surface area (Å²) in [4.78, 5) is 14.4. The van der Waals surface area contributed by atoms with Gasteiger partial charge in [-0.2, -0.15) is 0 Å². The Labute approximate surface area is 133 Å². The van der Waals surface area contributed by atoms with Gasteiger partial charge >= 0.3 is 0 Å². The lowest BCUT2D eigenvalue weighted by atomic mass is 10.1. The number of benzene rings is 1. The molecule has 3 N–H and O–H groups in total. The molecule has 124 valence electrons. The minimum atomic E-state index is -0.0223. The molecule has 0 radical (unpaired) electrons. The minimum absolute atomic E-state index is 0.0223. The van der Waals surface area contributed by atoms with E-state index in [-0.39, 0.29) is 5.91 Å². The molecule has 1 rings (SSSR count). The van der Waals surface area contributed by atoms with Crippen LogP contribution in [0.4, 0.5) is 11.4 Å². The van der Waals surface area contributed by atoms with Crippen molar-refractivity contribution >= 4 is 17.3 Å². The number of hydrogen-bond acceptors (Lipinski definition) is 4. The van der Waals surface area contributed by atoms with Crippen molar-refractivity contribution in [3.05, 3.63) is 18.2 Å². The molecule has 0 heterocycles. The topological polar surface area (TPSA) is 67.6 Å². The summed E-state index contributed by atoms with van der Waals surface area (Å²) in [5.41, 5.74) is 7.06. The number of nitrogens with one attached hydrogen (secondary N) is 1. The van der Waals surface area contributed by atoms with Gasteiger partial charge in [0, 0.05) is 18.8 Å². The molecule has 1 aromatic carbocycles. The van der Waals surface area contributed by atoms with Gasteiger partial charge in [-0.15, -0.1) is 0 Å². The third kappa shape index (κ3) is 6.35. The molecule has 0 unspecified atom stereocenters. The van der Waals surface area contributed by atoms with Crippen LogP contribution in [0.5, 0.6) is 5.75 Å². The fraction of sp³-hybridized carbons (Fsp3) is 0.588. The van der Waals surface area contributed by atoms with E-state index < -0.39 is 0 Å². The summed E-state index contributed by atoms with van der Waals surface area (Å²) in [6, 6.07) is 5.26. The van der Waals surface area contributed by atoms with E-state index in [4.69, 9.17) is 10.5 Å². The zero-order chi connectivity index (χ0) is 16.7. The summed E-state index contributed by atoms with van der Waals surface area (Å²) < 4.78 is 5.11.